The molecule has 3 aromatic rings. The number of aromatic nitrogens is 1. The summed E-state index contributed by atoms with van der Waals surface area (Å²) in [5, 5.41) is 1.31. The summed E-state index contributed by atoms with van der Waals surface area (Å²) in [6.45, 7) is 2.13. The summed E-state index contributed by atoms with van der Waals surface area (Å²) in [6, 6.07) is 16.9. The van der Waals surface area contributed by atoms with Gasteiger partial charge in [0.25, 0.3) is 0 Å². The molecule has 1 N–H and O–H groups in total. The quantitative estimate of drug-likeness (QED) is 0.689. The van der Waals surface area contributed by atoms with Crippen molar-refractivity contribution in [3.8, 4) is 0 Å². The number of hydrogen-bond acceptors (Lipinski definition) is 1. The fourth-order valence-corrected chi connectivity index (χ4v) is 2.93. The molecule has 0 unspecified atom stereocenters. The van der Waals surface area contributed by atoms with E-state index in [4.69, 9.17) is 0 Å². The fraction of sp³-hybridized carbons (Fsp3) is 0.0667. The van der Waals surface area contributed by atoms with Crippen molar-refractivity contribution >= 4 is 22.7 Å². The molecule has 17 heavy (non-hydrogen) atoms. The van der Waals surface area contributed by atoms with Crippen LogP contribution in [0.2, 0.25) is 0 Å². The van der Waals surface area contributed by atoms with Crippen LogP contribution in [0.15, 0.2) is 64.5 Å². The Bertz CT molecular complexity index is 640. The Hall–Kier alpha value is -1.67. The Balaban J connectivity index is 2.06. The normalized spacial score (nSPS) is 10.9. The lowest BCUT2D eigenvalue weighted by atomic mass is 10.2. The van der Waals surface area contributed by atoms with Gasteiger partial charge in [-0.15, -0.1) is 0 Å². The number of aryl methyl sites for hydroxylation is 1. The molecule has 1 nitrogen and oxygen atoms in total. The smallest absolute Gasteiger partial charge is 0.0598 e. The zero-order valence-corrected chi connectivity index (χ0v) is 10.4. The van der Waals surface area contributed by atoms with E-state index in [2.05, 4.69) is 60.6 Å². The van der Waals surface area contributed by atoms with E-state index in [0.717, 1.165) is 0 Å². The number of H-pyrrole nitrogens is 1. The van der Waals surface area contributed by atoms with Crippen LogP contribution in [0, 0.1) is 6.92 Å². The van der Waals surface area contributed by atoms with Crippen LogP contribution in [0.1, 0.15) is 5.56 Å². The van der Waals surface area contributed by atoms with Crippen molar-refractivity contribution in [2.75, 3.05) is 0 Å². The minimum Gasteiger partial charge on any atom is -0.360 e. The molecule has 0 aliphatic carbocycles. The zero-order chi connectivity index (χ0) is 11.7. The van der Waals surface area contributed by atoms with Crippen LogP contribution >= 0.6 is 11.8 Å². The lowest BCUT2D eigenvalue weighted by molar-refractivity contribution is 1.37. The molecule has 0 amide bonds. The minimum atomic E-state index is 1.24. The van der Waals surface area contributed by atoms with E-state index in [0.29, 0.717) is 0 Å². The second-order valence-electron chi connectivity index (χ2n) is 4.07. The van der Waals surface area contributed by atoms with Crippen molar-refractivity contribution in [3.05, 3.63) is 60.3 Å². The molecule has 2 heteroatoms. The minimum absolute atomic E-state index is 1.24. The molecule has 0 aliphatic rings. The Morgan fingerprint density at radius 3 is 2.59 bits per heavy atom. The predicted molar refractivity (Wildman–Crippen MR) is 73.6 cm³/mol. The molecular weight excluding hydrogens is 226 g/mol. The van der Waals surface area contributed by atoms with Gasteiger partial charge in [-0.1, -0.05) is 42.1 Å². The van der Waals surface area contributed by atoms with Gasteiger partial charge >= 0.3 is 0 Å². The molecule has 0 bridgehead atoms. The maximum Gasteiger partial charge on any atom is 0.0598 e. The Kier molecular flexibility index (Phi) is 2.65. The molecule has 0 spiro atoms. The highest BCUT2D eigenvalue weighted by atomic mass is 32.2. The Labute approximate surface area is 105 Å². The van der Waals surface area contributed by atoms with Gasteiger partial charge in [0.1, 0.15) is 0 Å². The van der Waals surface area contributed by atoms with Crippen molar-refractivity contribution in [3.63, 3.8) is 0 Å². The molecule has 0 saturated heterocycles. The van der Waals surface area contributed by atoms with Crippen LogP contribution in [0.4, 0.5) is 0 Å². The summed E-state index contributed by atoms with van der Waals surface area (Å²) in [5.41, 5.74) is 2.54. The van der Waals surface area contributed by atoms with Crippen LogP contribution in [0.5, 0.6) is 0 Å². The highest BCUT2D eigenvalue weighted by Crippen LogP contribution is 2.33. The predicted octanol–water partition coefficient (Wildman–Crippen LogP) is 4.63. The van der Waals surface area contributed by atoms with Gasteiger partial charge in [0.2, 0.25) is 0 Å². The molecule has 0 fully saturated rings. The van der Waals surface area contributed by atoms with Gasteiger partial charge in [0.15, 0.2) is 0 Å². The molecule has 84 valence electrons. The van der Waals surface area contributed by atoms with E-state index >= 15 is 0 Å². The number of hydrogen-bond donors (Lipinski definition) is 1. The van der Waals surface area contributed by atoms with Crippen LogP contribution in [-0.4, -0.2) is 4.98 Å². The summed E-state index contributed by atoms with van der Waals surface area (Å²) in [4.78, 5) is 5.91. The Morgan fingerprint density at radius 2 is 1.76 bits per heavy atom. The fourth-order valence-electron chi connectivity index (χ4n) is 1.97. The van der Waals surface area contributed by atoms with Crippen molar-refractivity contribution in [2.45, 2.75) is 16.7 Å². The summed E-state index contributed by atoms with van der Waals surface area (Å²) in [7, 11) is 0. The second-order valence-corrected chi connectivity index (χ2v) is 5.18. The standard InChI is InChI=1S/C15H13NS/c1-11-10-16-15-13(11)8-5-9-14(15)17-12-6-3-2-4-7-12/h2-10,16H,1H3. The topological polar surface area (TPSA) is 15.8 Å². The molecule has 2 aromatic carbocycles. The maximum atomic E-state index is 3.36. The first-order valence-electron chi connectivity index (χ1n) is 5.64. The average Bonchev–Trinajstić information content (AvgIpc) is 2.74. The van der Waals surface area contributed by atoms with Crippen LogP contribution in [0.3, 0.4) is 0 Å². The molecule has 1 heterocycles. The number of nitrogens with one attached hydrogen (secondary N) is 1. The van der Waals surface area contributed by atoms with E-state index in [-0.39, 0.29) is 0 Å². The van der Waals surface area contributed by atoms with Crippen LogP contribution in [-0.2, 0) is 0 Å². The number of rotatable bonds is 2. The van der Waals surface area contributed by atoms with Crippen LogP contribution in [0.25, 0.3) is 10.9 Å². The molecule has 0 aliphatic heterocycles. The molecule has 1 aromatic heterocycles. The van der Waals surface area contributed by atoms with Gasteiger partial charge < -0.3 is 4.98 Å². The maximum absolute atomic E-state index is 3.36. The number of para-hydroxylation sites is 1. The number of fused-ring (bicyclic) bond motifs is 1. The molecule has 0 saturated carbocycles. The zero-order valence-electron chi connectivity index (χ0n) is 9.60. The third-order valence-corrected chi connectivity index (χ3v) is 3.92. The molecule has 0 radical (unpaired) electrons. The van der Waals surface area contributed by atoms with Gasteiger partial charge in [-0.25, -0.2) is 0 Å². The summed E-state index contributed by atoms with van der Waals surface area (Å²) < 4.78 is 0. The van der Waals surface area contributed by atoms with Crippen molar-refractivity contribution in [1.82, 2.24) is 4.98 Å². The summed E-state index contributed by atoms with van der Waals surface area (Å²) in [6.07, 6.45) is 2.07. The largest absolute Gasteiger partial charge is 0.360 e. The second kappa shape index (κ2) is 4.30. The van der Waals surface area contributed by atoms with Gasteiger partial charge in [-0.2, -0.15) is 0 Å². The monoisotopic (exact) mass is 239 g/mol. The van der Waals surface area contributed by atoms with Crippen molar-refractivity contribution in [1.29, 1.82) is 0 Å². The van der Waals surface area contributed by atoms with E-state index in [1.807, 2.05) is 6.07 Å². The van der Waals surface area contributed by atoms with Gasteiger partial charge in [-0.3, -0.25) is 0 Å². The van der Waals surface area contributed by atoms with E-state index in [9.17, 15) is 0 Å². The lowest BCUT2D eigenvalue weighted by Crippen LogP contribution is -1.76. The van der Waals surface area contributed by atoms with Gasteiger partial charge in [0.05, 0.1) is 5.52 Å². The third kappa shape index (κ3) is 1.96. The van der Waals surface area contributed by atoms with E-state index in [1.165, 1.54) is 26.3 Å². The van der Waals surface area contributed by atoms with Crippen molar-refractivity contribution < 1.29 is 0 Å². The first-order valence-corrected chi connectivity index (χ1v) is 6.46. The number of aromatic amines is 1. The first kappa shape index (κ1) is 10.5. The van der Waals surface area contributed by atoms with Crippen LogP contribution < -0.4 is 0 Å². The molecule has 3 rings (SSSR count). The third-order valence-electron chi connectivity index (χ3n) is 2.86. The van der Waals surface area contributed by atoms with Crippen molar-refractivity contribution in [2.24, 2.45) is 0 Å². The lowest BCUT2D eigenvalue weighted by Gasteiger charge is -2.03. The average molecular weight is 239 g/mol. The first-order chi connectivity index (χ1) is 8.34. The van der Waals surface area contributed by atoms with E-state index in [1.54, 1.807) is 11.8 Å². The SMILES string of the molecule is Cc1c[nH]c2c(Sc3ccccc3)cccc12. The van der Waals surface area contributed by atoms with Gasteiger partial charge in [-0.05, 0) is 30.7 Å². The van der Waals surface area contributed by atoms with Gasteiger partial charge in [0, 0.05) is 21.4 Å². The highest BCUT2D eigenvalue weighted by Gasteiger charge is 2.05. The summed E-state index contributed by atoms with van der Waals surface area (Å²) >= 11 is 1.80. The Morgan fingerprint density at radius 1 is 0.941 bits per heavy atom. The number of benzene rings is 2. The molecule has 0 atom stereocenters. The highest BCUT2D eigenvalue weighted by molar-refractivity contribution is 7.99. The summed E-state index contributed by atoms with van der Waals surface area (Å²) in [5.74, 6) is 0. The molecular formula is C15H13NS. The van der Waals surface area contributed by atoms with E-state index < -0.39 is 0 Å².